The van der Waals surface area contributed by atoms with E-state index < -0.39 is 37.4 Å². The lowest BCUT2D eigenvalue weighted by Gasteiger charge is -2.22. The van der Waals surface area contributed by atoms with Crippen LogP contribution in [0.2, 0.25) is 0 Å². The van der Waals surface area contributed by atoms with E-state index in [0.717, 1.165) is 15.8 Å². The topological polar surface area (TPSA) is 69.2 Å². The first-order valence-corrected chi connectivity index (χ1v) is 6.70. The maximum Gasteiger partial charge on any atom is 0.267 e. The number of fused-ring (bicyclic) bond motifs is 1. The maximum absolute atomic E-state index is 13.4. The molecule has 0 bridgehead atoms. The van der Waals surface area contributed by atoms with Gasteiger partial charge in [0.2, 0.25) is 5.91 Å². The molecule has 0 radical (unpaired) electrons. The van der Waals surface area contributed by atoms with Gasteiger partial charge in [0.05, 0.1) is 36.8 Å². The zero-order valence-corrected chi connectivity index (χ0v) is 11.2. The van der Waals surface area contributed by atoms with Crippen LogP contribution in [0.3, 0.4) is 0 Å². The first kappa shape index (κ1) is 13.9. The normalized spacial score (nSPS) is 21.1. The minimum absolute atomic E-state index is 0.0346. The summed E-state index contributed by atoms with van der Waals surface area (Å²) >= 11 is 0. The SMILES string of the molecule is O=C(Cc1[nH]nc2ccccc12)N1CC(F)(F)CC1CO. The molecule has 1 aliphatic rings. The molecule has 3 rings (SSSR count). The van der Waals surface area contributed by atoms with E-state index in [1.54, 1.807) is 6.07 Å². The molecule has 7 heteroatoms. The second kappa shape index (κ2) is 5.07. The molecule has 1 fully saturated rings. The van der Waals surface area contributed by atoms with Gasteiger partial charge in [0.15, 0.2) is 0 Å². The van der Waals surface area contributed by atoms with E-state index in [-0.39, 0.29) is 6.42 Å². The maximum atomic E-state index is 13.4. The summed E-state index contributed by atoms with van der Waals surface area (Å²) < 4.78 is 26.8. The Morgan fingerprint density at radius 1 is 1.48 bits per heavy atom. The number of H-pyrrole nitrogens is 1. The molecule has 1 amide bonds. The lowest BCUT2D eigenvalue weighted by atomic mass is 10.1. The van der Waals surface area contributed by atoms with Gasteiger partial charge in [-0.3, -0.25) is 9.89 Å². The Morgan fingerprint density at radius 3 is 3.00 bits per heavy atom. The average Bonchev–Trinajstić information content (AvgIpc) is 3.00. The molecular weight excluding hydrogens is 280 g/mol. The van der Waals surface area contributed by atoms with Crippen molar-refractivity contribution >= 4 is 16.8 Å². The number of carbonyl (C=O) groups is 1. The molecule has 21 heavy (non-hydrogen) atoms. The van der Waals surface area contributed by atoms with Crippen LogP contribution in [-0.2, 0) is 11.2 Å². The molecule has 1 aliphatic heterocycles. The summed E-state index contributed by atoms with van der Waals surface area (Å²) in [7, 11) is 0. The summed E-state index contributed by atoms with van der Waals surface area (Å²) in [5.74, 6) is -3.36. The number of benzene rings is 1. The lowest BCUT2D eigenvalue weighted by molar-refractivity contribution is -0.133. The zero-order chi connectivity index (χ0) is 15.0. The molecular formula is C14H15F2N3O2. The van der Waals surface area contributed by atoms with Crippen LogP contribution >= 0.6 is 0 Å². The fourth-order valence-electron chi connectivity index (χ4n) is 2.75. The number of nitrogens with zero attached hydrogens (tertiary/aromatic N) is 2. The van der Waals surface area contributed by atoms with Gasteiger partial charge in [-0.1, -0.05) is 18.2 Å². The molecule has 0 aliphatic carbocycles. The zero-order valence-electron chi connectivity index (χ0n) is 11.2. The van der Waals surface area contributed by atoms with Gasteiger partial charge in [-0.15, -0.1) is 0 Å². The molecule has 2 heterocycles. The van der Waals surface area contributed by atoms with Crippen molar-refractivity contribution in [3.8, 4) is 0 Å². The number of para-hydroxylation sites is 1. The summed E-state index contributed by atoms with van der Waals surface area (Å²) in [6, 6.07) is 6.47. The summed E-state index contributed by atoms with van der Waals surface area (Å²) in [5.41, 5.74) is 1.33. The van der Waals surface area contributed by atoms with Crippen LogP contribution in [0.25, 0.3) is 10.9 Å². The highest BCUT2D eigenvalue weighted by molar-refractivity contribution is 5.87. The van der Waals surface area contributed by atoms with Gasteiger partial charge < -0.3 is 10.0 Å². The highest BCUT2D eigenvalue weighted by atomic mass is 19.3. The number of rotatable bonds is 3. The number of amides is 1. The standard InChI is InChI=1S/C14H15F2N3O2/c15-14(16)6-9(7-20)19(8-14)13(21)5-12-10-3-1-2-4-11(10)17-18-12/h1-4,9,20H,5-8H2,(H,17,18). The number of aliphatic hydroxyl groups excluding tert-OH is 1. The summed E-state index contributed by atoms with van der Waals surface area (Å²) in [4.78, 5) is 13.3. The Kier molecular flexibility index (Phi) is 3.36. The van der Waals surface area contributed by atoms with Gasteiger partial charge in [0, 0.05) is 11.8 Å². The van der Waals surface area contributed by atoms with E-state index in [0.29, 0.717) is 5.69 Å². The number of carbonyl (C=O) groups excluding carboxylic acids is 1. The molecule has 5 nitrogen and oxygen atoms in total. The third kappa shape index (κ3) is 2.61. The van der Waals surface area contributed by atoms with E-state index in [1.165, 1.54) is 0 Å². The third-order valence-electron chi connectivity index (χ3n) is 3.78. The Balaban J connectivity index is 1.80. The molecule has 1 aromatic heterocycles. The molecule has 1 saturated heterocycles. The predicted molar refractivity (Wildman–Crippen MR) is 71.9 cm³/mol. The number of halogens is 2. The average molecular weight is 295 g/mol. The largest absolute Gasteiger partial charge is 0.394 e. The van der Waals surface area contributed by atoms with Gasteiger partial charge in [-0.05, 0) is 6.07 Å². The quantitative estimate of drug-likeness (QED) is 0.897. The number of aliphatic hydroxyl groups is 1. The van der Waals surface area contributed by atoms with Crippen molar-refractivity contribution in [3.05, 3.63) is 30.0 Å². The summed E-state index contributed by atoms with van der Waals surface area (Å²) in [5, 5.41) is 16.8. The van der Waals surface area contributed by atoms with Gasteiger partial charge in [0.25, 0.3) is 5.92 Å². The molecule has 112 valence electrons. The molecule has 0 spiro atoms. The van der Waals surface area contributed by atoms with Crippen molar-refractivity contribution in [2.75, 3.05) is 13.2 Å². The number of hydrogen-bond donors (Lipinski definition) is 2. The fraction of sp³-hybridized carbons (Fsp3) is 0.429. The van der Waals surface area contributed by atoms with Crippen LogP contribution in [0, 0.1) is 0 Å². The number of aromatic nitrogens is 2. The molecule has 1 aromatic carbocycles. The Labute approximate surface area is 119 Å². The van der Waals surface area contributed by atoms with Crippen molar-refractivity contribution in [2.45, 2.75) is 24.8 Å². The lowest BCUT2D eigenvalue weighted by Crippen LogP contribution is -2.39. The molecule has 2 aromatic rings. The van der Waals surface area contributed by atoms with Crippen LogP contribution in [0.1, 0.15) is 12.1 Å². The van der Waals surface area contributed by atoms with Crippen LogP contribution in [0.4, 0.5) is 8.78 Å². The number of nitrogens with one attached hydrogen (secondary N) is 1. The summed E-state index contributed by atoms with van der Waals surface area (Å²) in [6.45, 7) is -1.09. The van der Waals surface area contributed by atoms with Crippen LogP contribution in [0.15, 0.2) is 24.3 Å². The smallest absolute Gasteiger partial charge is 0.267 e. The molecule has 1 unspecified atom stereocenters. The highest BCUT2D eigenvalue weighted by Crippen LogP contribution is 2.32. The fourth-order valence-corrected chi connectivity index (χ4v) is 2.75. The van der Waals surface area contributed by atoms with Gasteiger partial charge in [0.1, 0.15) is 0 Å². The van der Waals surface area contributed by atoms with Crippen molar-refractivity contribution in [1.82, 2.24) is 15.1 Å². The first-order valence-electron chi connectivity index (χ1n) is 6.70. The van der Waals surface area contributed by atoms with E-state index in [9.17, 15) is 13.6 Å². The van der Waals surface area contributed by atoms with E-state index >= 15 is 0 Å². The first-order chi connectivity index (χ1) is 10.00. The Hall–Kier alpha value is -2.02. The molecule has 1 atom stereocenters. The van der Waals surface area contributed by atoms with E-state index in [4.69, 9.17) is 5.11 Å². The minimum Gasteiger partial charge on any atom is -0.394 e. The van der Waals surface area contributed by atoms with Gasteiger partial charge in [-0.25, -0.2) is 8.78 Å². The van der Waals surface area contributed by atoms with Crippen LogP contribution < -0.4 is 0 Å². The Bertz CT molecular complexity index is 671. The number of hydrogen-bond acceptors (Lipinski definition) is 3. The minimum atomic E-state index is -2.93. The van der Waals surface area contributed by atoms with Gasteiger partial charge >= 0.3 is 0 Å². The predicted octanol–water partition coefficient (Wildman–Crippen LogP) is 1.33. The van der Waals surface area contributed by atoms with Crippen molar-refractivity contribution in [2.24, 2.45) is 0 Å². The van der Waals surface area contributed by atoms with E-state index in [1.807, 2.05) is 18.2 Å². The number of aromatic amines is 1. The number of alkyl halides is 2. The van der Waals surface area contributed by atoms with Gasteiger partial charge in [-0.2, -0.15) is 5.10 Å². The van der Waals surface area contributed by atoms with Crippen molar-refractivity contribution < 1.29 is 18.7 Å². The second-order valence-corrected chi connectivity index (χ2v) is 5.31. The van der Waals surface area contributed by atoms with Crippen molar-refractivity contribution in [1.29, 1.82) is 0 Å². The van der Waals surface area contributed by atoms with E-state index in [2.05, 4.69) is 10.2 Å². The molecule has 0 saturated carbocycles. The second-order valence-electron chi connectivity index (χ2n) is 5.31. The monoisotopic (exact) mass is 295 g/mol. The number of likely N-dealkylation sites (tertiary alicyclic amines) is 1. The molecule has 2 N–H and O–H groups in total. The van der Waals surface area contributed by atoms with Crippen molar-refractivity contribution in [3.63, 3.8) is 0 Å². The summed E-state index contributed by atoms with van der Waals surface area (Å²) in [6.07, 6.45) is -0.522. The van der Waals surface area contributed by atoms with Crippen LogP contribution in [-0.4, -0.2) is 51.2 Å². The van der Waals surface area contributed by atoms with Crippen LogP contribution in [0.5, 0.6) is 0 Å². The Morgan fingerprint density at radius 2 is 2.24 bits per heavy atom. The third-order valence-corrected chi connectivity index (χ3v) is 3.78. The highest BCUT2D eigenvalue weighted by Gasteiger charge is 2.46.